The predicted molar refractivity (Wildman–Crippen MR) is 225 cm³/mol. The first-order valence-electron chi connectivity index (χ1n) is 18.3. The number of furan rings is 1. The van der Waals surface area contributed by atoms with Gasteiger partial charge in [0.1, 0.15) is 16.8 Å². The lowest BCUT2D eigenvalue weighted by atomic mass is 9.91. The highest BCUT2D eigenvalue weighted by Gasteiger charge is 2.23. The van der Waals surface area contributed by atoms with E-state index in [1.54, 1.807) is 0 Å². The standard InChI is InChI=1S/C50H29N3O/c1-2-12-30(13-3-1)31-22-24-32(25-23-31)47-49-48(40-20-10-11-21-44(40)54-49)52-50(51-47)53-42-27-26-39-37-18-7-6-16-35(37)36-17-8-9-19-38(36)45(39)46(42)41-28-33-14-4-5-15-34(33)29-43(41)53/h1-29H. The van der Waals surface area contributed by atoms with Gasteiger partial charge in [-0.25, -0.2) is 9.97 Å². The van der Waals surface area contributed by atoms with E-state index in [-0.39, 0.29) is 0 Å². The van der Waals surface area contributed by atoms with Crippen LogP contribution in [-0.2, 0) is 0 Å². The molecule has 3 aromatic heterocycles. The predicted octanol–water partition coefficient (Wildman–Crippen LogP) is 13.4. The smallest absolute Gasteiger partial charge is 0.236 e. The summed E-state index contributed by atoms with van der Waals surface area (Å²) in [5.41, 5.74) is 8.44. The van der Waals surface area contributed by atoms with Crippen LogP contribution in [0.4, 0.5) is 0 Å². The van der Waals surface area contributed by atoms with Crippen molar-refractivity contribution in [2.45, 2.75) is 0 Å². The van der Waals surface area contributed by atoms with Gasteiger partial charge >= 0.3 is 0 Å². The van der Waals surface area contributed by atoms with Gasteiger partial charge in [0.2, 0.25) is 5.95 Å². The van der Waals surface area contributed by atoms with Crippen molar-refractivity contribution >= 4 is 87.0 Å². The topological polar surface area (TPSA) is 43.9 Å². The van der Waals surface area contributed by atoms with Gasteiger partial charge in [-0.2, -0.15) is 0 Å². The van der Waals surface area contributed by atoms with Crippen LogP contribution in [0.3, 0.4) is 0 Å². The van der Waals surface area contributed by atoms with E-state index in [4.69, 9.17) is 14.4 Å². The highest BCUT2D eigenvalue weighted by molar-refractivity contribution is 6.35. The van der Waals surface area contributed by atoms with Crippen molar-refractivity contribution in [3.8, 4) is 28.3 Å². The maximum Gasteiger partial charge on any atom is 0.236 e. The highest BCUT2D eigenvalue weighted by atomic mass is 16.3. The minimum Gasteiger partial charge on any atom is -0.452 e. The molecule has 3 heterocycles. The SMILES string of the molecule is c1ccc(-c2ccc(-c3nc(-n4c5cc6ccccc6cc5c5c6c7ccccc7c7ccccc7c6ccc54)nc4c3oc3ccccc34)cc2)cc1. The molecule has 4 nitrogen and oxygen atoms in total. The van der Waals surface area contributed by atoms with Crippen molar-refractivity contribution in [1.82, 2.24) is 14.5 Å². The molecular formula is C50H29N3O. The summed E-state index contributed by atoms with van der Waals surface area (Å²) >= 11 is 0. The van der Waals surface area contributed by atoms with Crippen molar-refractivity contribution in [2.75, 3.05) is 0 Å². The van der Waals surface area contributed by atoms with E-state index >= 15 is 0 Å². The van der Waals surface area contributed by atoms with Gasteiger partial charge in [0.25, 0.3) is 0 Å². The third-order valence-corrected chi connectivity index (χ3v) is 11.2. The average molecular weight is 688 g/mol. The van der Waals surface area contributed by atoms with Crippen molar-refractivity contribution in [3.63, 3.8) is 0 Å². The molecular weight excluding hydrogens is 659 g/mol. The largest absolute Gasteiger partial charge is 0.452 e. The van der Waals surface area contributed by atoms with Crippen LogP contribution < -0.4 is 0 Å². The number of benzene rings is 9. The molecule has 0 N–H and O–H groups in total. The van der Waals surface area contributed by atoms with E-state index in [9.17, 15) is 0 Å². The maximum absolute atomic E-state index is 6.57. The van der Waals surface area contributed by atoms with Gasteiger partial charge in [-0.15, -0.1) is 0 Å². The molecule has 12 rings (SSSR count). The molecule has 0 aliphatic heterocycles. The van der Waals surface area contributed by atoms with E-state index in [1.165, 1.54) is 59.4 Å². The molecule has 0 radical (unpaired) electrons. The van der Waals surface area contributed by atoms with Crippen molar-refractivity contribution in [2.24, 2.45) is 0 Å². The fraction of sp³-hybridized carbons (Fsp3) is 0. The Morgan fingerprint density at radius 2 is 0.963 bits per heavy atom. The highest BCUT2D eigenvalue weighted by Crippen LogP contribution is 2.45. The Morgan fingerprint density at radius 1 is 0.389 bits per heavy atom. The Morgan fingerprint density at radius 3 is 1.72 bits per heavy atom. The van der Waals surface area contributed by atoms with Gasteiger partial charge in [0.15, 0.2) is 5.58 Å². The molecule has 0 aliphatic carbocycles. The van der Waals surface area contributed by atoms with Gasteiger partial charge in [-0.1, -0.05) is 146 Å². The molecule has 0 atom stereocenters. The molecule has 0 unspecified atom stereocenters. The third kappa shape index (κ3) is 4.13. The zero-order valence-corrected chi connectivity index (χ0v) is 29.0. The quantitative estimate of drug-likeness (QED) is 0.174. The second kappa shape index (κ2) is 11.1. The average Bonchev–Trinajstić information content (AvgIpc) is 3.78. The van der Waals surface area contributed by atoms with Crippen LogP contribution in [0, 0.1) is 0 Å². The fourth-order valence-electron chi connectivity index (χ4n) is 8.73. The van der Waals surface area contributed by atoms with E-state index in [2.05, 4.69) is 156 Å². The number of hydrogen-bond donors (Lipinski definition) is 0. The molecule has 9 aromatic carbocycles. The van der Waals surface area contributed by atoms with E-state index in [1.807, 2.05) is 24.3 Å². The van der Waals surface area contributed by atoms with Crippen LogP contribution in [0.2, 0.25) is 0 Å². The molecule has 0 spiro atoms. The second-order valence-electron chi connectivity index (χ2n) is 14.1. The lowest BCUT2D eigenvalue weighted by molar-refractivity contribution is 0.666. The number of rotatable bonds is 3. The molecule has 0 amide bonds. The van der Waals surface area contributed by atoms with Crippen molar-refractivity contribution in [1.29, 1.82) is 0 Å². The van der Waals surface area contributed by atoms with Gasteiger partial charge in [0, 0.05) is 27.1 Å². The fourth-order valence-corrected chi connectivity index (χ4v) is 8.73. The second-order valence-corrected chi connectivity index (χ2v) is 14.1. The summed E-state index contributed by atoms with van der Waals surface area (Å²) in [6.45, 7) is 0. The molecule has 12 aromatic rings. The van der Waals surface area contributed by atoms with Gasteiger partial charge in [0.05, 0.1) is 11.0 Å². The van der Waals surface area contributed by atoms with Crippen molar-refractivity contribution in [3.05, 3.63) is 176 Å². The number of aromatic nitrogens is 3. The Hall–Kier alpha value is -7.30. The first-order chi connectivity index (χ1) is 26.8. The summed E-state index contributed by atoms with van der Waals surface area (Å²) in [6.07, 6.45) is 0. The number of hydrogen-bond acceptors (Lipinski definition) is 3. The van der Waals surface area contributed by atoms with Gasteiger partial charge < -0.3 is 4.42 Å². The summed E-state index contributed by atoms with van der Waals surface area (Å²) in [7, 11) is 0. The number of para-hydroxylation sites is 1. The molecule has 0 bridgehead atoms. The van der Waals surface area contributed by atoms with Crippen molar-refractivity contribution < 1.29 is 4.42 Å². The molecule has 54 heavy (non-hydrogen) atoms. The van der Waals surface area contributed by atoms with E-state index in [0.29, 0.717) is 11.5 Å². The molecule has 0 aliphatic rings. The van der Waals surface area contributed by atoms with E-state index in [0.717, 1.165) is 44.3 Å². The molecule has 0 saturated carbocycles. The summed E-state index contributed by atoms with van der Waals surface area (Å²) < 4.78 is 8.84. The minimum absolute atomic E-state index is 0.607. The Bertz CT molecular complexity index is 3450. The Balaban J connectivity index is 1.23. The summed E-state index contributed by atoms with van der Waals surface area (Å²) in [6, 6.07) is 62.6. The monoisotopic (exact) mass is 687 g/mol. The number of fused-ring (bicyclic) bond motifs is 14. The molecule has 0 fully saturated rings. The lowest BCUT2D eigenvalue weighted by Gasteiger charge is -2.13. The molecule has 0 saturated heterocycles. The Labute approximate surface area is 309 Å². The van der Waals surface area contributed by atoms with Crippen LogP contribution >= 0.6 is 0 Å². The molecule has 250 valence electrons. The zero-order chi connectivity index (χ0) is 35.3. The third-order valence-electron chi connectivity index (χ3n) is 11.2. The van der Waals surface area contributed by atoms with Crippen LogP contribution in [0.15, 0.2) is 180 Å². The molecule has 4 heteroatoms. The van der Waals surface area contributed by atoms with Crippen LogP contribution in [0.25, 0.3) is 115 Å². The minimum atomic E-state index is 0.607. The number of nitrogens with zero attached hydrogens (tertiary/aromatic N) is 3. The normalized spacial score (nSPS) is 12.1. The summed E-state index contributed by atoms with van der Waals surface area (Å²) in [5, 5.41) is 13.2. The first kappa shape index (κ1) is 29.3. The maximum atomic E-state index is 6.57. The van der Waals surface area contributed by atoms with E-state index < -0.39 is 0 Å². The van der Waals surface area contributed by atoms with Gasteiger partial charge in [-0.3, -0.25) is 4.57 Å². The lowest BCUT2D eigenvalue weighted by Crippen LogP contribution is -2.03. The van der Waals surface area contributed by atoms with Crippen LogP contribution in [-0.4, -0.2) is 14.5 Å². The summed E-state index contributed by atoms with van der Waals surface area (Å²) in [4.78, 5) is 10.8. The van der Waals surface area contributed by atoms with Crippen LogP contribution in [0.5, 0.6) is 0 Å². The van der Waals surface area contributed by atoms with Crippen LogP contribution in [0.1, 0.15) is 0 Å². The Kier molecular flexibility index (Phi) is 6.02. The summed E-state index contributed by atoms with van der Waals surface area (Å²) in [5.74, 6) is 0.607. The zero-order valence-electron chi connectivity index (χ0n) is 29.0. The van der Waals surface area contributed by atoms with Gasteiger partial charge in [-0.05, 0) is 79.2 Å². The first-order valence-corrected chi connectivity index (χ1v) is 18.3.